The van der Waals surface area contributed by atoms with E-state index in [4.69, 9.17) is 11.6 Å². The van der Waals surface area contributed by atoms with Crippen LogP contribution in [0, 0.1) is 5.82 Å². The molecule has 0 saturated carbocycles. The van der Waals surface area contributed by atoms with Crippen LogP contribution in [-0.2, 0) is 35.0 Å². The smallest absolute Gasteiger partial charge is 0.328 e. The quantitative estimate of drug-likeness (QED) is 0.188. The molecule has 2 aliphatic heterocycles. The van der Waals surface area contributed by atoms with Crippen molar-refractivity contribution in [1.29, 1.82) is 0 Å². The Bertz CT molecular complexity index is 2360. The monoisotopic (exact) mass is 746 g/mol. The number of imidazole rings is 1. The number of rotatable bonds is 9. The maximum Gasteiger partial charge on any atom is 0.328 e. The van der Waals surface area contributed by atoms with Crippen LogP contribution in [0.1, 0.15) is 57.6 Å². The van der Waals surface area contributed by atoms with E-state index >= 15 is 4.39 Å². The van der Waals surface area contributed by atoms with E-state index in [9.17, 15) is 24.3 Å². The number of hydrogen-bond acceptors (Lipinski definition) is 10. The van der Waals surface area contributed by atoms with Gasteiger partial charge in [-0.05, 0) is 63.4 Å². The SMILES string of the molecule is CN(c1ncc(Cl)c(Nc2ccc3c(c2F)n(CCC(C)(C)O)c(=O)n3C)n1)[C@H]1CCN(c2ccc3c(C4CCC(=O)NC4=O)nn(C)c3c2)C(=O)C1. The third-order valence-corrected chi connectivity index (χ3v) is 10.5. The van der Waals surface area contributed by atoms with Crippen LogP contribution in [0.25, 0.3) is 21.9 Å². The van der Waals surface area contributed by atoms with Crippen molar-refractivity contribution in [2.75, 3.05) is 28.7 Å². The number of piperidine rings is 2. The number of halogens is 2. The minimum absolute atomic E-state index is 0.0485. The molecule has 17 heteroatoms. The zero-order valence-electron chi connectivity index (χ0n) is 30.0. The number of carbonyl (C=O) groups is 3. The minimum Gasteiger partial charge on any atom is -0.390 e. The van der Waals surface area contributed by atoms with Gasteiger partial charge in [-0.2, -0.15) is 10.1 Å². The highest BCUT2D eigenvalue weighted by Crippen LogP contribution is 2.35. The lowest BCUT2D eigenvalue weighted by Crippen LogP contribution is -2.47. The van der Waals surface area contributed by atoms with Gasteiger partial charge in [0.05, 0.1) is 40.1 Å². The highest BCUT2D eigenvalue weighted by atomic mass is 35.5. The van der Waals surface area contributed by atoms with Crippen LogP contribution in [0.2, 0.25) is 5.02 Å². The van der Waals surface area contributed by atoms with Crippen LogP contribution in [0.3, 0.4) is 0 Å². The first-order valence-corrected chi connectivity index (χ1v) is 17.7. The molecular formula is C36H40ClFN10O5. The Morgan fingerprint density at radius 2 is 1.89 bits per heavy atom. The number of aliphatic hydroxyl groups is 1. The number of anilines is 4. The normalized spacial score (nSPS) is 18.3. The van der Waals surface area contributed by atoms with Gasteiger partial charge in [0, 0.05) is 64.2 Å². The van der Waals surface area contributed by atoms with Gasteiger partial charge in [-0.15, -0.1) is 0 Å². The van der Waals surface area contributed by atoms with Crippen LogP contribution < -0.4 is 26.1 Å². The second-order valence-electron chi connectivity index (χ2n) is 14.4. The van der Waals surface area contributed by atoms with E-state index in [1.54, 1.807) is 55.5 Å². The van der Waals surface area contributed by atoms with E-state index in [0.29, 0.717) is 36.3 Å². The number of hydrogen-bond donors (Lipinski definition) is 3. The fourth-order valence-electron chi connectivity index (χ4n) is 7.13. The molecule has 5 aromatic rings. The highest BCUT2D eigenvalue weighted by Gasteiger charge is 2.34. The second-order valence-corrected chi connectivity index (χ2v) is 14.8. The van der Waals surface area contributed by atoms with Crippen LogP contribution in [0.15, 0.2) is 41.3 Å². The summed E-state index contributed by atoms with van der Waals surface area (Å²) in [6.45, 7) is 3.80. The van der Waals surface area contributed by atoms with Crippen LogP contribution in [0.4, 0.5) is 27.5 Å². The summed E-state index contributed by atoms with van der Waals surface area (Å²) >= 11 is 6.47. The molecule has 15 nitrogen and oxygen atoms in total. The van der Waals surface area contributed by atoms with Crippen LogP contribution in [-0.4, -0.2) is 76.9 Å². The summed E-state index contributed by atoms with van der Waals surface area (Å²) in [5, 5.41) is 21.1. The molecule has 3 aromatic heterocycles. The molecule has 278 valence electrons. The molecule has 1 unspecified atom stereocenters. The second kappa shape index (κ2) is 13.6. The average molecular weight is 747 g/mol. The maximum atomic E-state index is 16.1. The molecule has 3 N–H and O–H groups in total. The fourth-order valence-corrected chi connectivity index (χ4v) is 7.27. The molecule has 2 fully saturated rings. The lowest BCUT2D eigenvalue weighted by Gasteiger charge is -2.36. The third-order valence-electron chi connectivity index (χ3n) is 10.2. The van der Waals surface area contributed by atoms with Crippen molar-refractivity contribution in [2.45, 2.75) is 70.1 Å². The number of fused-ring (bicyclic) bond motifs is 2. The van der Waals surface area contributed by atoms with Crippen molar-refractivity contribution in [3.05, 3.63) is 63.5 Å². The predicted octanol–water partition coefficient (Wildman–Crippen LogP) is 3.87. The molecule has 0 bridgehead atoms. The molecule has 0 spiro atoms. The summed E-state index contributed by atoms with van der Waals surface area (Å²) in [5.41, 5.74) is 1.17. The fraction of sp³-hybridized carbons (Fsp3) is 0.417. The van der Waals surface area contributed by atoms with Gasteiger partial charge < -0.3 is 20.2 Å². The third kappa shape index (κ3) is 6.72. The maximum absolute atomic E-state index is 16.1. The molecule has 2 saturated heterocycles. The van der Waals surface area contributed by atoms with Gasteiger partial charge >= 0.3 is 5.69 Å². The van der Waals surface area contributed by atoms with Gasteiger partial charge in [0.1, 0.15) is 10.5 Å². The summed E-state index contributed by atoms with van der Waals surface area (Å²) < 4.78 is 20.4. The minimum atomic E-state index is -1.05. The lowest BCUT2D eigenvalue weighted by molar-refractivity contribution is -0.134. The average Bonchev–Trinajstić information content (AvgIpc) is 3.56. The predicted molar refractivity (Wildman–Crippen MR) is 198 cm³/mol. The van der Waals surface area contributed by atoms with Crippen molar-refractivity contribution in [3.8, 4) is 0 Å². The van der Waals surface area contributed by atoms with Crippen LogP contribution in [0.5, 0.6) is 0 Å². The van der Waals surface area contributed by atoms with Crippen molar-refractivity contribution in [3.63, 3.8) is 0 Å². The van der Waals surface area contributed by atoms with E-state index in [0.717, 1.165) is 10.9 Å². The Hall–Kier alpha value is -5.35. The number of benzene rings is 2. The summed E-state index contributed by atoms with van der Waals surface area (Å²) in [5.74, 6) is -1.51. The summed E-state index contributed by atoms with van der Waals surface area (Å²) in [6.07, 6.45) is 3.07. The van der Waals surface area contributed by atoms with Gasteiger partial charge in [0.25, 0.3) is 0 Å². The Labute approximate surface area is 308 Å². The molecule has 3 amide bonds. The Balaban J connectivity index is 1.08. The summed E-state index contributed by atoms with van der Waals surface area (Å²) in [6, 6.07) is 8.50. The number of nitrogens with one attached hydrogen (secondary N) is 2. The van der Waals surface area contributed by atoms with Gasteiger partial charge in [-0.1, -0.05) is 11.6 Å². The highest BCUT2D eigenvalue weighted by molar-refractivity contribution is 6.33. The molecule has 7 rings (SSSR count). The Kier molecular flexibility index (Phi) is 9.22. The summed E-state index contributed by atoms with van der Waals surface area (Å²) in [7, 11) is 5.14. The largest absolute Gasteiger partial charge is 0.390 e. The van der Waals surface area contributed by atoms with Crippen molar-refractivity contribution >= 4 is 74.4 Å². The lowest BCUT2D eigenvalue weighted by atomic mass is 9.92. The first-order valence-electron chi connectivity index (χ1n) is 17.3. The van der Waals surface area contributed by atoms with Crippen molar-refractivity contribution < 1.29 is 23.9 Å². The van der Waals surface area contributed by atoms with Gasteiger partial charge in [0.2, 0.25) is 23.7 Å². The van der Waals surface area contributed by atoms with E-state index in [1.165, 1.54) is 21.4 Å². The standard InChI is InChI=1S/C36H40ClFN10O5/c1-36(2,53)13-15-48-31-25(45(4)35(48)52)10-9-24(29(31)38)40-32-23(37)18-39-34(42-32)44(3)19-12-14-47(28(50)17-19)20-6-7-21-26(16-20)46(5)43-30(21)22-8-11-27(49)41-33(22)51/h6-7,9-10,16,18-19,22,53H,8,11-15,17H2,1-5H3,(H,39,40,42)(H,41,49,51)/t19-,22?/m0/s1. The van der Waals surface area contributed by atoms with E-state index in [2.05, 4.69) is 25.7 Å². The molecule has 5 heterocycles. The molecule has 2 aromatic carbocycles. The molecule has 0 radical (unpaired) electrons. The van der Waals surface area contributed by atoms with Gasteiger partial charge in [-0.25, -0.2) is 14.2 Å². The van der Waals surface area contributed by atoms with Crippen LogP contribution >= 0.6 is 11.6 Å². The first-order chi connectivity index (χ1) is 25.1. The number of carbonyl (C=O) groups excluding carboxylic acids is 3. The Morgan fingerprint density at radius 3 is 2.60 bits per heavy atom. The zero-order valence-corrected chi connectivity index (χ0v) is 30.7. The number of imide groups is 1. The van der Waals surface area contributed by atoms with Gasteiger partial charge in [-0.3, -0.25) is 33.5 Å². The van der Waals surface area contributed by atoms with E-state index < -0.39 is 23.0 Å². The molecule has 2 atom stereocenters. The van der Waals surface area contributed by atoms with Crippen molar-refractivity contribution in [1.82, 2.24) is 34.2 Å². The molecular weight excluding hydrogens is 707 g/mol. The number of amides is 3. The number of aromatic nitrogens is 6. The Morgan fingerprint density at radius 1 is 1.11 bits per heavy atom. The zero-order chi connectivity index (χ0) is 37.9. The molecule has 2 aliphatic rings. The first kappa shape index (κ1) is 36.0. The van der Waals surface area contributed by atoms with Crippen molar-refractivity contribution in [2.24, 2.45) is 14.1 Å². The summed E-state index contributed by atoms with van der Waals surface area (Å²) in [4.78, 5) is 63.3. The number of aryl methyl sites for hydroxylation is 3. The van der Waals surface area contributed by atoms with E-state index in [1.807, 2.05) is 18.2 Å². The topological polar surface area (TPSA) is 173 Å². The van der Waals surface area contributed by atoms with Gasteiger partial charge in [0.15, 0.2) is 11.6 Å². The molecule has 53 heavy (non-hydrogen) atoms. The number of nitrogens with zero attached hydrogens (tertiary/aromatic N) is 8. The van der Waals surface area contributed by atoms with E-state index in [-0.39, 0.29) is 77.6 Å². The molecule has 0 aliphatic carbocycles.